The van der Waals surface area contributed by atoms with E-state index in [1.54, 1.807) is 18.2 Å². The molecule has 32 heavy (non-hydrogen) atoms. The zero-order chi connectivity index (χ0) is 23.0. The van der Waals surface area contributed by atoms with Crippen LogP contribution in [-0.4, -0.2) is 21.0 Å². The Hall–Kier alpha value is -2.88. The molecule has 0 aliphatic rings. The lowest BCUT2D eigenvalue weighted by molar-refractivity contribution is -0.134. The molecule has 4 rings (SSSR count). The van der Waals surface area contributed by atoms with Crippen LogP contribution < -0.4 is 5.32 Å². The number of carbonyl (C=O) groups is 1. The summed E-state index contributed by atoms with van der Waals surface area (Å²) in [4.78, 5) is 19.1. The third-order valence-electron chi connectivity index (χ3n) is 4.51. The average Bonchev–Trinajstić information content (AvgIpc) is 3.19. The molecule has 0 aliphatic heterocycles. The van der Waals surface area contributed by atoms with Gasteiger partial charge >= 0.3 is 12.1 Å². The number of fused-ring (bicyclic) bond motifs is 1. The molecule has 0 spiro atoms. The van der Waals surface area contributed by atoms with Gasteiger partial charge in [-0.3, -0.25) is 0 Å². The molecule has 2 aromatic heterocycles. The van der Waals surface area contributed by atoms with Crippen LogP contribution in [0.4, 0.5) is 19.0 Å². The molecule has 0 unspecified atom stereocenters. The fourth-order valence-corrected chi connectivity index (χ4v) is 4.14. The number of nitrogens with zero attached hydrogens (tertiary/aromatic N) is 2. The van der Waals surface area contributed by atoms with E-state index in [0.29, 0.717) is 26.9 Å². The molecule has 2 N–H and O–H groups in total. The van der Waals surface area contributed by atoms with E-state index in [4.69, 9.17) is 28.3 Å². The quantitative estimate of drug-likeness (QED) is 0.310. The molecule has 0 saturated carbocycles. The van der Waals surface area contributed by atoms with Gasteiger partial charge in [-0.25, -0.2) is 14.8 Å². The smallest absolute Gasteiger partial charge is 0.425 e. The predicted octanol–water partition coefficient (Wildman–Crippen LogP) is 6.99. The Bertz CT molecular complexity index is 1320. The zero-order valence-corrected chi connectivity index (χ0v) is 18.2. The van der Waals surface area contributed by atoms with Crippen molar-refractivity contribution in [1.29, 1.82) is 0 Å². The van der Waals surface area contributed by atoms with Gasteiger partial charge in [0.05, 0.1) is 21.0 Å². The number of nitrogens with one attached hydrogen (secondary N) is 1. The first kappa shape index (κ1) is 22.3. The van der Waals surface area contributed by atoms with Crippen LogP contribution in [0.5, 0.6) is 0 Å². The lowest BCUT2D eigenvalue weighted by Crippen LogP contribution is -2.04. The largest absolute Gasteiger partial charge is 0.478 e. The van der Waals surface area contributed by atoms with E-state index < -0.39 is 17.0 Å². The number of hydrogen-bond acceptors (Lipinski definition) is 5. The van der Waals surface area contributed by atoms with Crippen LogP contribution in [0.3, 0.4) is 0 Å². The summed E-state index contributed by atoms with van der Waals surface area (Å²) in [5.41, 5.74) is 1.30. The Labute approximate surface area is 193 Å². The minimum Gasteiger partial charge on any atom is -0.478 e. The summed E-state index contributed by atoms with van der Waals surface area (Å²) in [5.74, 6) is -0.711. The van der Waals surface area contributed by atoms with Crippen molar-refractivity contribution in [3.05, 3.63) is 74.6 Å². The highest BCUT2D eigenvalue weighted by Crippen LogP contribution is 2.40. The number of thiophene rings is 1. The standard InChI is InChI=1S/C21H12Cl2F3N3O2S/c22-14-6-1-10(7-15(14)23)9-27-18-13-8-16(21(24,25)26)32-19(13)29-17(28-18)11-2-4-12(5-3-11)20(30)31/h1-8H,9H2,(H,30,31)(H,27,28,29). The molecule has 164 valence electrons. The van der Waals surface area contributed by atoms with Gasteiger partial charge in [-0.2, -0.15) is 13.2 Å². The van der Waals surface area contributed by atoms with Crippen LogP contribution >= 0.6 is 34.5 Å². The molecule has 0 atom stereocenters. The van der Waals surface area contributed by atoms with Gasteiger partial charge in [0.25, 0.3) is 0 Å². The van der Waals surface area contributed by atoms with E-state index in [9.17, 15) is 18.0 Å². The Morgan fingerprint density at radius 1 is 1.03 bits per heavy atom. The van der Waals surface area contributed by atoms with Crippen molar-refractivity contribution < 1.29 is 23.1 Å². The lowest BCUT2D eigenvalue weighted by atomic mass is 10.1. The van der Waals surface area contributed by atoms with Gasteiger partial charge in [0.2, 0.25) is 0 Å². The molecular formula is C21H12Cl2F3N3O2S. The second kappa shape index (κ2) is 8.57. The van der Waals surface area contributed by atoms with Crippen LogP contribution in [0.25, 0.3) is 21.6 Å². The third kappa shape index (κ3) is 4.64. The monoisotopic (exact) mass is 497 g/mol. The number of anilines is 1. The number of rotatable bonds is 5. The van der Waals surface area contributed by atoms with E-state index in [-0.39, 0.29) is 34.0 Å². The fourth-order valence-electron chi connectivity index (χ4n) is 2.92. The van der Waals surface area contributed by atoms with Crippen molar-refractivity contribution in [1.82, 2.24) is 9.97 Å². The van der Waals surface area contributed by atoms with Gasteiger partial charge in [-0.05, 0) is 35.9 Å². The zero-order valence-electron chi connectivity index (χ0n) is 15.9. The fraction of sp³-hybridized carbons (Fsp3) is 0.0952. The number of aromatic nitrogens is 2. The maximum absolute atomic E-state index is 13.3. The predicted molar refractivity (Wildman–Crippen MR) is 119 cm³/mol. The summed E-state index contributed by atoms with van der Waals surface area (Å²) in [5, 5.41) is 13.1. The summed E-state index contributed by atoms with van der Waals surface area (Å²) in [6.45, 7) is 0.234. The van der Waals surface area contributed by atoms with Gasteiger partial charge in [-0.1, -0.05) is 41.4 Å². The van der Waals surface area contributed by atoms with E-state index in [0.717, 1.165) is 11.6 Å². The van der Waals surface area contributed by atoms with E-state index >= 15 is 0 Å². The third-order valence-corrected chi connectivity index (χ3v) is 6.32. The van der Waals surface area contributed by atoms with Crippen molar-refractivity contribution in [2.45, 2.75) is 12.7 Å². The van der Waals surface area contributed by atoms with Gasteiger partial charge in [0, 0.05) is 12.1 Å². The van der Waals surface area contributed by atoms with Gasteiger partial charge in [-0.15, -0.1) is 11.3 Å². The minimum absolute atomic E-state index is 0.0725. The molecule has 0 aliphatic carbocycles. The highest BCUT2D eigenvalue weighted by Gasteiger charge is 2.33. The first-order valence-corrected chi connectivity index (χ1v) is 10.6. The maximum atomic E-state index is 13.3. The van der Waals surface area contributed by atoms with Crippen LogP contribution in [0.2, 0.25) is 10.0 Å². The summed E-state index contributed by atoms with van der Waals surface area (Å²) in [7, 11) is 0. The molecule has 0 radical (unpaired) electrons. The van der Waals surface area contributed by atoms with Gasteiger partial charge in [0.1, 0.15) is 15.5 Å². The highest BCUT2D eigenvalue weighted by molar-refractivity contribution is 7.18. The molecule has 0 amide bonds. The minimum atomic E-state index is -4.52. The molecule has 5 nitrogen and oxygen atoms in total. The van der Waals surface area contributed by atoms with E-state index in [1.165, 1.54) is 24.3 Å². The molecule has 4 aromatic rings. The molecule has 11 heteroatoms. The van der Waals surface area contributed by atoms with Crippen LogP contribution in [0.1, 0.15) is 20.8 Å². The molecule has 2 heterocycles. The number of carboxylic acids is 1. The number of aromatic carboxylic acids is 1. The van der Waals surface area contributed by atoms with Crippen LogP contribution in [0, 0.1) is 0 Å². The number of halogens is 5. The van der Waals surface area contributed by atoms with Crippen LogP contribution in [-0.2, 0) is 12.7 Å². The van der Waals surface area contributed by atoms with Crippen LogP contribution in [0.15, 0.2) is 48.5 Å². The summed E-state index contributed by atoms with van der Waals surface area (Å²) in [6, 6.07) is 11.8. The molecule has 0 bridgehead atoms. The Morgan fingerprint density at radius 2 is 1.75 bits per heavy atom. The highest BCUT2D eigenvalue weighted by atomic mass is 35.5. The topological polar surface area (TPSA) is 75.1 Å². The second-order valence-corrected chi connectivity index (χ2v) is 8.55. The average molecular weight is 498 g/mol. The van der Waals surface area contributed by atoms with Gasteiger partial charge in [0.15, 0.2) is 5.82 Å². The Balaban J connectivity index is 1.76. The Kier molecular flexibility index (Phi) is 5.98. The first-order chi connectivity index (χ1) is 15.1. The van der Waals surface area contributed by atoms with E-state index in [2.05, 4.69) is 15.3 Å². The SMILES string of the molecule is O=C(O)c1ccc(-c2nc(NCc3ccc(Cl)c(Cl)c3)c3cc(C(F)(F)F)sc3n2)cc1. The lowest BCUT2D eigenvalue weighted by Gasteiger charge is -2.10. The van der Waals surface area contributed by atoms with Crippen molar-refractivity contribution in [2.75, 3.05) is 5.32 Å². The van der Waals surface area contributed by atoms with Crippen molar-refractivity contribution >= 4 is 56.5 Å². The molecular weight excluding hydrogens is 486 g/mol. The summed E-state index contributed by atoms with van der Waals surface area (Å²) >= 11 is 12.5. The van der Waals surface area contributed by atoms with Crippen molar-refractivity contribution in [3.63, 3.8) is 0 Å². The maximum Gasteiger partial charge on any atom is 0.425 e. The summed E-state index contributed by atoms with van der Waals surface area (Å²) < 4.78 is 39.9. The Morgan fingerprint density at radius 3 is 2.38 bits per heavy atom. The number of hydrogen-bond donors (Lipinski definition) is 2. The molecule has 0 fully saturated rings. The molecule has 0 saturated heterocycles. The normalized spacial score (nSPS) is 11.7. The number of benzene rings is 2. The summed E-state index contributed by atoms with van der Waals surface area (Å²) in [6.07, 6.45) is -4.52. The number of carboxylic acid groups (broad SMARTS) is 1. The van der Waals surface area contributed by atoms with Crippen molar-refractivity contribution in [3.8, 4) is 11.4 Å². The molecule has 2 aromatic carbocycles. The first-order valence-electron chi connectivity index (χ1n) is 9.02. The van der Waals surface area contributed by atoms with Crippen molar-refractivity contribution in [2.24, 2.45) is 0 Å². The van der Waals surface area contributed by atoms with Gasteiger partial charge < -0.3 is 10.4 Å². The second-order valence-electron chi connectivity index (χ2n) is 6.71. The number of alkyl halides is 3. The van der Waals surface area contributed by atoms with E-state index in [1.807, 2.05) is 0 Å².